The molecule has 0 amide bonds. The molecule has 22 heavy (non-hydrogen) atoms. The number of aromatic nitrogens is 2. The zero-order chi connectivity index (χ0) is 16.0. The van der Waals surface area contributed by atoms with E-state index in [0.29, 0.717) is 46.0 Å². The molecule has 0 saturated heterocycles. The van der Waals surface area contributed by atoms with Crippen molar-refractivity contribution in [2.24, 2.45) is 0 Å². The third-order valence-electron chi connectivity index (χ3n) is 2.91. The molecule has 0 aliphatic heterocycles. The third kappa shape index (κ3) is 8.08. The highest BCUT2D eigenvalue weighted by Gasteiger charge is 2.19. The second kappa shape index (κ2) is 12.1. The predicted molar refractivity (Wildman–Crippen MR) is 79.6 cm³/mol. The van der Waals surface area contributed by atoms with Crippen molar-refractivity contribution in [3.8, 4) is 0 Å². The van der Waals surface area contributed by atoms with Gasteiger partial charge in [-0.15, -0.1) is 0 Å². The molecule has 0 saturated carbocycles. The lowest BCUT2D eigenvalue weighted by molar-refractivity contribution is -0.143. The summed E-state index contributed by atoms with van der Waals surface area (Å²) in [6.45, 7) is 3.21. The number of nitrogens with zero attached hydrogens (tertiary/aromatic N) is 1. The lowest BCUT2D eigenvalue weighted by atomic mass is 10.1. The summed E-state index contributed by atoms with van der Waals surface area (Å²) in [5, 5.41) is 3.11. The van der Waals surface area contributed by atoms with Gasteiger partial charge in [-0.2, -0.15) is 0 Å². The first-order chi connectivity index (χ1) is 10.8. The van der Waals surface area contributed by atoms with Crippen LogP contribution in [-0.4, -0.2) is 75.8 Å². The number of esters is 1. The van der Waals surface area contributed by atoms with E-state index in [-0.39, 0.29) is 5.97 Å². The number of H-pyrrole nitrogens is 1. The van der Waals surface area contributed by atoms with Crippen LogP contribution in [0, 0.1) is 0 Å². The van der Waals surface area contributed by atoms with Gasteiger partial charge in [-0.05, 0) is 0 Å². The van der Waals surface area contributed by atoms with Crippen molar-refractivity contribution in [3.63, 3.8) is 0 Å². The summed E-state index contributed by atoms with van der Waals surface area (Å²) in [5.74, 6) is -0.308. The van der Waals surface area contributed by atoms with E-state index < -0.39 is 6.04 Å². The average Bonchev–Trinajstić information content (AvgIpc) is 3.04. The van der Waals surface area contributed by atoms with Gasteiger partial charge in [0.1, 0.15) is 6.04 Å². The summed E-state index contributed by atoms with van der Waals surface area (Å²) >= 11 is 0. The number of hydrogen-bond acceptors (Lipinski definition) is 7. The Morgan fingerprint density at radius 3 is 2.59 bits per heavy atom. The molecule has 8 nitrogen and oxygen atoms in total. The maximum absolute atomic E-state index is 11.7. The average molecular weight is 315 g/mol. The van der Waals surface area contributed by atoms with E-state index in [1.807, 2.05) is 0 Å². The smallest absolute Gasteiger partial charge is 0.323 e. The summed E-state index contributed by atoms with van der Waals surface area (Å²) in [7, 11) is 3.00. The molecule has 1 heterocycles. The number of ether oxygens (including phenoxy) is 4. The SMILES string of the molecule is COCCOCCOCCNC(Cc1cnc[nH]1)C(=O)OC. The van der Waals surface area contributed by atoms with Crippen LogP contribution >= 0.6 is 0 Å². The molecule has 0 fully saturated rings. The number of hydrogen-bond donors (Lipinski definition) is 2. The molecule has 0 radical (unpaired) electrons. The maximum Gasteiger partial charge on any atom is 0.323 e. The molecule has 126 valence electrons. The van der Waals surface area contributed by atoms with Crippen LogP contribution in [0.2, 0.25) is 0 Å². The molecule has 1 unspecified atom stereocenters. The van der Waals surface area contributed by atoms with Crippen LogP contribution in [0.4, 0.5) is 0 Å². The van der Waals surface area contributed by atoms with Crippen LogP contribution < -0.4 is 5.32 Å². The molecule has 1 rings (SSSR count). The second-order valence-electron chi connectivity index (χ2n) is 4.53. The molecule has 1 atom stereocenters. The van der Waals surface area contributed by atoms with Crippen LogP contribution in [0.1, 0.15) is 5.69 Å². The van der Waals surface area contributed by atoms with E-state index in [2.05, 4.69) is 15.3 Å². The quantitative estimate of drug-likeness (QED) is 0.383. The molecule has 0 aliphatic rings. The molecule has 8 heteroatoms. The Morgan fingerprint density at radius 1 is 1.23 bits per heavy atom. The first kappa shape index (κ1) is 18.6. The Morgan fingerprint density at radius 2 is 1.95 bits per heavy atom. The minimum Gasteiger partial charge on any atom is -0.468 e. The number of aromatic amines is 1. The number of carbonyl (C=O) groups is 1. The lowest BCUT2D eigenvalue weighted by Crippen LogP contribution is -2.41. The second-order valence-corrected chi connectivity index (χ2v) is 4.53. The normalized spacial score (nSPS) is 12.3. The predicted octanol–water partition coefficient (Wildman–Crippen LogP) is -0.237. The van der Waals surface area contributed by atoms with Gasteiger partial charge in [-0.25, -0.2) is 4.98 Å². The molecular weight excluding hydrogens is 290 g/mol. The summed E-state index contributed by atoms with van der Waals surface area (Å²) < 4.78 is 20.3. The summed E-state index contributed by atoms with van der Waals surface area (Å²) in [6, 6.07) is -0.424. The molecule has 0 spiro atoms. The minimum atomic E-state index is -0.424. The van der Waals surface area contributed by atoms with Gasteiger partial charge < -0.3 is 29.2 Å². The van der Waals surface area contributed by atoms with Gasteiger partial charge in [0.2, 0.25) is 0 Å². The summed E-state index contributed by atoms with van der Waals surface area (Å²) in [4.78, 5) is 18.6. The topological polar surface area (TPSA) is 94.7 Å². The van der Waals surface area contributed by atoms with E-state index >= 15 is 0 Å². The van der Waals surface area contributed by atoms with Crippen LogP contribution in [-0.2, 0) is 30.2 Å². The van der Waals surface area contributed by atoms with Crippen molar-refractivity contribution in [1.82, 2.24) is 15.3 Å². The fourth-order valence-corrected chi connectivity index (χ4v) is 1.77. The fraction of sp³-hybridized carbons (Fsp3) is 0.714. The first-order valence-electron chi connectivity index (χ1n) is 7.20. The zero-order valence-corrected chi connectivity index (χ0v) is 13.2. The molecule has 0 aliphatic carbocycles. The van der Waals surface area contributed by atoms with Gasteiger partial charge >= 0.3 is 5.97 Å². The van der Waals surface area contributed by atoms with Crippen molar-refractivity contribution in [3.05, 3.63) is 18.2 Å². The molecule has 0 bridgehead atoms. The zero-order valence-electron chi connectivity index (χ0n) is 13.2. The molecular formula is C14H25N3O5. The van der Waals surface area contributed by atoms with Crippen molar-refractivity contribution in [2.75, 3.05) is 53.8 Å². The van der Waals surface area contributed by atoms with Crippen molar-refractivity contribution in [2.45, 2.75) is 12.5 Å². The van der Waals surface area contributed by atoms with E-state index in [1.165, 1.54) is 7.11 Å². The van der Waals surface area contributed by atoms with E-state index in [4.69, 9.17) is 18.9 Å². The minimum absolute atomic E-state index is 0.308. The number of imidazole rings is 1. The Bertz CT molecular complexity index is 386. The van der Waals surface area contributed by atoms with Gasteiger partial charge in [0.05, 0.1) is 46.5 Å². The fourth-order valence-electron chi connectivity index (χ4n) is 1.77. The summed E-state index contributed by atoms with van der Waals surface area (Å²) in [5.41, 5.74) is 0.871. The largest absolute Gasteiger partial charge is 0.468 e. The number of methoxy groups -OCH3 is 2. The van der Waals surface area contributed by atoms with Gasteiger partial charge in [0.25, 0.3) is 0 Å². The Kier molecular flexibility index (Phi) is 10.2. The van der Waals surface area contributed by atoms with E-state index in [1.54, 1.807) is 19.6 Å². The Hall–Kier alpha value is -1.48. The lowest BCUT2D eigenvalue weighted by Gasteiger charge is -2.15. The number of carbonyl (C=O) groups excluding carboxylic acids is 1. The molecule has 1 aromatic rings. The Labute approximate surface area is 130 Å². The van der Waals surface area contributed by atoms with Crippen molar-refractivity contribution in [1.29, 1.82) is 0 Å². The first-order valence-corrected chi connectivity index (χ1v) is 7.20. The van der Waals surface area contributed by atoms with Crippen molar-refractivity contribution < 1.29 is 23.7 Å². The summed E-state index contributed by atoms with van der Waals surface area (Å²) in [6.07, 6.45) is 3.76. The molecule has 0 aromatic carbocycles. The van der Waals surface area contributed by atoms with Crippen LogP contribution in [0.3, 0.4) is 0 Å². The Balaban J connectivity index is 2.12. The monoisotopic (exact) mass is 315 g/mol. The van der Waals surface area contributed by atoms with Gasteiger partial charge in [0, 0.05) is 32.0 Å². The van der Waals surface area contributed by atoms with E-state index in [0.717, 1.165) is 5.69 Å². The maximum atomic E-state index is 11.7. The van der Waals surface area contributed by atoms with Crippen LogP contribution in [0.25, 0.3) is 0 Å². The van der Waals surface area contributed by atoms with Crippen LogP contribution in [0.5, 0.6) is 0 Å². The van der Waals surface area contributed by atoms with Crippen LogP contribution in [0.15, 0.2) is 12.5 Å². The van der Waals surface area contributed by atoms with Gasteiger partial charge in [-0.1, -0.05) is 0 Å². The van der Waals surface area contributed by atoms with E-state index in [9.17, 15) is 4.79 Å². The molecule has 1 aromatic heterocycles. The highest BCUT2D eigenvalue weighted by atomic mass is 16.5. The van der Waals surface area contributed by atoms with Gasteiger partial charge in [-0.3, -0.25) is 4.79 Å². The highest BCUT2D eigenvalue weighted by molar-refractivity contribution is 5.75. The highest BCUT2D eigenvalue weighted by Crippen LogP contribution is 2.00. The molecule has 2 N–H and O–H groups in total. The third-order valence-corrected chi connectivity index (χ3v) is 2.91. The number of rotatable bonds is 13. The standard InChI is InChI=1S/C14H25N3O5/c1-19-5-6-22-8-7-21-4-3-16-13(14(18)20-2)9-12-10-15-11-17-12/h10-11,13,16H,3-9H2,1-2H3,(H,15,17). The van der Waals surface area contributed by atoms with Gasteiger partial charge in [0.15, 0.2) is 0 Å². The van der Waals surface area contributed by atoms with Crippen molar-refractivity contribution >= 4 is 5.97 Å². The number of nitrogens with one attached hydrogen (secondary N) is 2.